The number of carbonyl (C=O) groups excluding carboxylic acids is 2. The fraction of sp³-hybridized carbons (Fsp3) is 0.333. The Hall–Kier alpha value is -2.40. The normalized spacial score (nSPS) is 19.7. The first kappa shape index (κ1) is 21.3. The van der Waals surface area contributed by atoms with Gasteiger partial charge >= 0.3 is 5.97 Å². The molecule has 0 aliphatic carbocycles. The molecular formula is C24H26BrNO3. The molecule has 0 fully saturated rings. The fourth-order valence-corrected chi connectivity index (χ4v) is 4.32. The van der Waals surface area contributed by atoms with E-state index in [0.29, 0.717) is 0 Å². The predicted molar refractivity (Wildman–Crippen MR) is 119 cm³/mol. The van der Waals surface area contributed by atoms with Gasteiger partial charge in [-0.1, -0.05) is 52.8 Å². The van der Waals surface area contributed by atoms with Gasteiger partial charge in [-0.15, -0.1) is 0 Å². The Morgan fingerprint density at radius 2 is 1.72 bits per heavy atom. The molecule has 0 radical (unpaired) electrons. The van der Waals surface area contributed by atoms with Crippen molar-refractivity contribution in [3.63, 3.8) is 0 Å². The molecule has 4 nitrogen and oxygen atoms in total. The Morgan fingerprint density at radius 1 is 1.14 bits per heavy atom. The van der Waals surface area contributed by atoms with Gasteiger partial charge in [0, 0.05) is 28.7 Å². The molecule has 1 aliphatic heterocycles. The molecule has 0 saturated heterocycles. The molecule has 0 bridgehead atoms. The van der Waals surface area contributed by atoms with Crippen LogP contribution in [0.4, 0.5) is 5.69 Å². The minimum Gasteiger partial charge on any atom is -0.457 e. The largest absolute Gasteiger partial charge is 0.457 e. The molecule has 0 N–H and O–H groups in total. The Morgan fingerprint density at radius 3 is 2.31 bits per heavy atom. The number of amides is 1. The Labute approximate surface area is 180 Å². The zero-order chi connectivity index (χ0) is 21.6. The lowest BCUT2D eigenvalue weighted by Crippen LogP contribution is -2.43. The van der Waals surface area contributed by atoms with Gasteiger partial charge in [-0.05, 0) is 57.0 Å². The second-order valence-corrected chi connectivity index (χ2v) is 9.51. The van der Waals surface area contributed by atoms with Gasteiger partial charge in [0.25, 0.3) is 0 Å². The number of benzene rings is 2. The summed E-state index contributed by atoms with van der Waals surface area (Å²) in [6.45, 7) is 11.4. The summed E-state index contributed by atoms with van der Waals surface area (Å²) in [6.07, 6.45) is 0. The summed E-state index contributed by atoms with van der Waals surface area (Å²) in [6, 6.07) is 15.3. The summed E-state index contributed by atoms with van der Waals surface area (Å²) in [5.41, 5.74) is 1.20. The van der Waals surface area contributed by atoms with Crippen molar-refractivity contribution in [3.05, 3.63) is 76.3 Å². The molecule has 0 aromatic heterocycles. The fourth-order valence-electron chi connectivity index (χ4n) is 4.06. The van der Waals surface area contributed by atoms with Crippen LogP contribution in [0.15, 0.2) is 65.2 Å². The van der Waals surface area contributed by atoms with E-state index < -0.39 is 22.9 Å². The molecule has 0 unspecified atom stereocenters. The van der Waals surface area contributed by atoms with Gasteiger partial charge in [0.05, 0.1) is 5.41 Å². The molecule has 0 spiro atoms. The van der Waals surface area contributed by atoms with Crippen molar-refractivity contribution < 1.29 is 14.3 Å². The van der Waals surface area contributed by atoms with Crippen LogP contribution in [-0.4, -0.2) is 24.5 Å². The highest BCUT2D eigenvalue weighted by atomic mass is 79.9. The smallest absolute Gasteiger partial charge is 0.334 e. The van der Waals surface area contributed by atoms with E-state index in [4.69, 9.17) is 4.74 Å². The molecule has 152 valence electrons. The first-order chi connectivity index (χ1) is 13.5. The van der Waals surface area contributed by atoms with E-state index >= 15 is 0 Å². The third kappa shape index (κ3) is 3.76. The number of halogens is 1. The molecule has 0 saturated carbocycles. The highest BCUT2D eigenvalue weighted by Gasteiger charge is 2.53. The lowest BCUT2D eigenvalue weighted by atomic mass is 9.66. The van der Waals surface area contributed by atoms with E-state index in [9.17, 15) is 9.59 Å². The second-order valence-electron chi connectivity index (χ2n) is 8.60. The number of para-hydroxylation sites is 1. The van der Waals surface area contributed by atoms with Crippen molar-refractivity contribution in [2.45, 2.75) is 44.6 Å². The third-order valence-corrected chi connectivity index (χ3v) is 5.89. The van der Waals surface area contributed by atoms with Gasteiger partial charge in [0.15, 0.2) is 0 Å². The Bertz CT molecular complexity index is 974. The third-order valence-electron chi connectivity index (χ3n) is 5.36. The van der Waals surface area contributed by atoms with Crippen molar-refractivity contribution in [1.29, 1.82) is 0 Å². The molecule has 5 heteroatoms. The second kappa shape index (κ2) is 7.45. The van der Waals surface area contributed by atoms with Crippen LogP contribution in [0, 0.1) is 0 Å². The number of carbonyl (C=O) groups is 2. The number of rotatable bonds is 4. The zero-order valence-corrected chi connectivity index (χ0v) is 19.0. The van der Waals surface area contributed by atoms with Crippen LogP contribution in [0.2, 0.25) is 0 Å². The molecule has 1 heterocycles. The van der Waals surface area contributed by atoms with Crippen LogP contribution in [0.1, 0.15) is 44.7 Å². The number of fused-ring (bicyclic) bond motifs is 1. The van der Waals surface area contributed by atoms with E-state index in [-0.39, 0.29) is 11.5 Å². The standard InChI is InChI=1S/C24H26BrNO3/c1-15(21(27)29-23(2,3)4)20(16-11-13-17(25)14-12-16)24(5)18-9-7-8-10-19(18)26(6)22(24)28/h7-14,20H,1H2,2-6H3/t20-,24+/m1/s1. The Balaban J connectivity index is 2.18. The number of likely N-dealkylation sites (N-methyl/N-ethyl adjacent to an activating group) is 1. The summed E-state index contributed by atoms with van der Waals surface area (Å²) in [5.74, 6) is -1.13. The van der Waals surface area contributed by atoms with Crippen LogP contribution in [0.3, 0.4) is 0 Å². The van der Waals surface area contributed by atoms with Gasteiger partial charge in [-0.2, -0.15) is 0 Å². The minimum absolute atomic E-state index is 0.0728. The van der Waals surface area contributed by atoms with Crippen molar-refractivity contribution >= 4 is 33.5 Å². The summed E-state index contributed by atoms with van der Waals surface area (Å²) >= 11 is 3.46. The maximum absolute atomic E-state index is 13.5. The van der Waals surface area contributed by atoms with Gasteiger partial charge < -0.3 is 9.64 Å². The van der Waals surface area contributed by atoms with E-state index in [1.54, 1.807) is 11.9 Å². The van der Waals surface area contributed by atoms with E-state index in [1.807, 2.05) is 76.2 Å². The SMILES string of the molecule is C=C(C(=O)OC(C)(C)C)[C@H](c1ccc(Br)cc1)[C@@]1(C)C(=O)N(C)c2ccccc21. The monoisotopic (exact) mass is 455 g/mol. The molecule has 1 amide bonds. The summed E-state index contributed by atoms with van der Waals surface area (Å²) < 4.78 is 6.53. The van der Waals surface area contributed by atoms with E-state index in [2.05, 4.69) is 22.5 Å². The molecule has 29 heavy (non-hydrogen) atoms. The highest BCUT2D eigenvalue weighted by molar-refractivity contribution is 9.10. The van der Waals surface area contributed by atoms with Crippen LogP contribution in [0.25, 0.3) is 0 Å². The maximum atomic E-state index is 13.5. The number of anilines is 1. The highest BCUT2D eigenvalue weighted by Crippen LogP contribution is 2.51. The van der Waals surface area contributed by atoms with Crippen molar-refractivity contribution in [3.8, 4) is 0 Å². The lowest BCUT2D eigenvalue weighted by molar-refractivity contribution is -0.150. The summed E-state index contributed by atoms with van der Waals surface area (Å²) in [4.78, 5) is 28.1. The average Bonchev–Trinajstić information content (AvgIpc) is 2.84. The van der Waals surface area contributed by atoms with Crippen LogP contribution >= 0.6 is 15.9 Å². The van der Waals surface area contributed by atoms with Gasteiger partial charge in [0.1, 0.15) is 5.60 Å². The van der Waals surface area contributed by atoms with Gasteiger partial charge in [0.2, 0.25) is 5.91 Å². The molecule has 1 aliphatic rings. The number of hydrogen-bond donors (Lipinski definition) is 0. The Kier molecular flexibility index (Phi) is 5.48. The summed E-state index contributed by atoms with van der Waals surface area (Å²) in [7, 11) is 1.77. The molecular weight excluding hydrogens is 430 g/mol. The first-order valence-electron chi connectivity index (χ1n) is 9.52. The average molecular weight is 456 g/mol. The molecule has 3 rings (SSSR count). The van der Waals surface area contributed by atoms with E-state index in [1.165, 1.54) is 0 Å². The first-order valence-corrected chi connectivity index (χ1v) is 10.3. The maximum Gasteiger partial charge on any atom is 0.334 e. The van der Waals surface area contributed by atoms with Crippen LogP contribution in [-0.2, 0) is 19.7 Å². The van der Waals surface area contributed by atoms with Crippen molar-refractivity contribution in [2.75, 3.05) is 11.9 Å². The van der Waals surface area contributed by atoms with E-state index in [0.717, 1.165) is 21.3 Å². The predicted octanol–water partition coefficient (Wildman–Crippen LogP) is 5.36. The van der Waals surface area contributed by atoms with Crippen molar-refractivity contribution in [2.24, 2.45) is 0 Å². The van der Waals surface area contributed by atoms with Gasteiger partial charge in [-0.3, -0.25) is 4.79 Å². The topological polar surface area (TPSA) is 46.6 Å². The molecule has 2 aromatic rings. The quantitative estimate of drug-likeness (QED) is 0.460. The molecule has 2 atom stereocenters. The number of hydrogen-bond acceptors (Lipinski definition) is 3. The minimum atomic E-state index is -0.979. The molecule has 2 aromatic carbocycles. The lowest BCUT2D eigenvalue weighted by Gasteiger charge is -2.35. The number of esters is 1. The number of nitrogens with zero attached hydrogens (tertiary/aromatic N) is 1. The van der Waals surface area contributed by atoms with Crippen LogP contribution in [0.5, 0.6) is 0 Å². The zero-order valence-electron chi connectivity index (χ0n) is 17.5. The number of ether oxygens (including phenoxy) is 1. The van der Waals surface area contributed by atoms with Crippen LogP contribution < -0.4 is 4.90 Å². The summed E-state index contributed by atoms with van der Waals surface area (Å²) in [5, 5.41) is 0. The van der Waals surface area contributed by atoms with Crippen molar-refractivity contribution in [1.82, 2.24) is 0 Å². The van der Waals surface area contributed by atoms with Gasteiger partial charge in [-0.25, -0.2) is 4.79 Å².